The quantitative estimate of drug-likeness (QED) is 0.720. The summed E-state index contributed by atoms with van der Waals surface area (Å²) in [6.45, 7) is 4.79. The van der Waals surface area contributed by atoms with Gasteiger partial charge in [0.1, 0.15) is 6.04 Å². The summed E-state index contributed by atoms with van der Waals surface area (Å²) in [5.41, 5.74) is 2.46. The molecule has 0 spiro atoms. The molecule has 0 aromatic heterocycles. The minimum Gasteiger partial charge on any atom is -0.352 e. The van der Waals surface area contributed by atoms with E-state index in [-0.39, 0.29) is 29.8 Å². The molecule has 5 nitrogen and oxygen atoms in total. The maximum atomic E-state index is 12.9. The highest BCUT2D eigenvalue weighted by Crippen LogP contribution is 2.19. The summed E-state index contributed by atoms with van der Waals surface area (Å²) < 4.78 is 0. The third kappa shape index (κ3) is 5.10. The van der Waals surface area contributed by atoms with Crippen molar-refractivity contribution in [2.24, 2.45) is 5.92 Å². The van der Waals surface area contributed by atoms with Crippen LogP contribution in [0.25, 0.3) is 0 Å². The van der Waals surface area contributed by atoms with E-state index in [2.05, 4.69) is 35.0 Å². The Balaban J connectivity index is 1.61. The van der Waals surface area contributed by atoms with E-state index in [4.69, 9.17) is 0 Å². The molecule has 1 aliphatic heterocycles. The van der Waals surface area contributed by atoms with E-state index in [1.165, 1.54) is 30.4 Å². The van der Waals surface area contributed by atoms with Crippen molar-refractivity contribution in [1.82, 2.24) is 16.0 Å². The van der Waals surface area contributed by atoms with Gasteiger partial charge in [0.15, 0.2) is 0 Å². The predicted octanol–water partition coefficient (Wildman–Crippen LogP) is 2.68. The summed E-state index contributed by atoms with van der Waals surface area (Å²) in [7, 11) is 0. The Morgan fingerprint density at radius 2 is 1.85 bits per heavy atom. The van der Waals surface area contributed by atoms with Gasteiger partial charge in [-0.3, -0.25) is 9.59 Å². The zero-order valence-corrected chi connectivity index (χ0v) is 16.6. The lowest BCUT2D eigenvalue weighted by atomic mass is 9.92. The lowest BCUT2D eigenvalue weighted by molar-refractivity contribution is -0.131. The molecule has 0 bridgehead atoms. The van der Waals surface area contributed by atoms with Crippen molar-refractivity contribution in [2.45, 2.75) is 83.5 Å². The maximum absolute atomic E-state index is 12.9. The first-order valence-electron chi connectivity index (χ1n) is 10.5. The van der Waals surface area contributed by atoms with Crippen molar-refractivity contribution in [2.75, 3.05) is 0 Å². The summed E-state index contributed by atoms with van der Waals surface area (Å²) >= 11 is 0. The normalized spacial score (nSPS) is 22.4. The van der Waals surface area contributed by atoms with Crippen LogP contribution in [-0.4, -0.2) is 29.9 Å². The number of fused-ring (bicyclic) bond motifs is 1. The molecule has 1 fully saturated rings. The van der Waals surface area contributed by atoms with Crippen LogP contribution in [0, 0.1) is 5.92 Å². The first-order chi connectivity index (χ1) is 13.1. The van der Waals surface area contributed by atoms with Crippen LogP contribution in [0.1, 0.15) is 63.5 Å². The Morgan fingerprint density at radius 3 is 2.56 bits per heavy atom. The molecule has 0 radical (unpaired) electrons. The maximum Gasteiger partial charge on any atom is 0.243 e. The fourth-order valence-electron chi connectivity index (χ4n) is 4.13. The molecule has 1 unspecified atom stereocenters. The SMILES string of the molecule is CCC(C)[C@H](NC(=O)[C@@H]1Cc2ccccc2CN1)C(=O)NC1CCCCC1. The topological polar surface area (TPSA) is 70.2 Å². The van der Waals surface area contributed by atoms with Crippen molar-refractivity contribution in [3.8, 4) is 0 Å². The molecule has 1 aromatic carbocycles. The van der Waals surface area contributed by atoms with Crippen LogP contribution < -0.4 is 16.0 Å². The summed E-state index contributed by atoms with van der Waals surface area (Å²) in [5.74, 6) is 0.00261. The number of carbonyl (C=O) groups excluding carboxylic acids is 2. The highest BCUT2D eigenvalue weighted by molar-refractivity contribution is 5.90. The van der Waals surface area contributed by atoms with Crippen molar-refractivity contribution in [3.05, 3.63) is 35.4 Å². The smallest absolute Gasteiger partial charge is 0.243 e. The van der Waals surface area contributed by atoms with Gasteiger partial charge in [0, 0.05) is 12.6 Å². The number of benzene rings is 1. The molecule has 1 saturated carbocycles. The van der Waals surface area contributed by atoms with Gasteiger partial charge in [-0.25, -0.2) is 0 Å². The minimum absolute atomic E-state index is 0.0270. The fraction of sp³-hybridized carbons (Fsp3) is 0.636. The van der Waals surface area contributed by atoms with Gasteiger partial charge in [-0.15, -0.1) is 0 Å². The number of rotatable bonds is 6. The van der Waals surface area contributed by atoms with Crippen LogP contribution in [-0.2, 0) is 22.6 Å². The lowest BCUT2D eigenvalue weighted by Crippen LogP contribution is -2.57. The number of nitrogens with one attached hydrogen (secondary N) is 3. The van der Waals surface area contributed by atoms with Gasteiger partial charge in [0.2, 0.25) is 11.8 Å². The average Bonchev–Trinajstić information content (AvgIpc) is 2.71. The number of hydrogen-bond acceptors (Lipinski definition) is 3. The first-order valence-corrected chi connectivity index (χ1v) is 10.5. The Morgan fingerprint density at radius 1 is 1.15 bits per heavy atom. The van der Waals surface area contributed by atoms with Gasteiger partial charge < -0.3 is 16.0 Å². The second-order valence-electron chi connectivity index (χ2n) is 8.12. The number of carbonyl (C=O) groups is 2. The van der Waals surface area contributed by atoms with Gasteiger partial charge >= 0.3 is 0 Å². The van der Waals surface area contributed by atoms with E-state index in [9.17, 15) is 9.59 Å². The van der Waals surface area contributed by atoms with Crippen LogP contribution in [0.2, 0.25) is 0 Å². The fourth-order valence-corrected chi connectivity index (χ4v) is 4.13. The summed E-state index contributed by atoms with van der Waals surface area (Å²) in [6.07, 6.45) is 7.23. The minimum atomic E-state index is -0.469. The molecule has 5 heteroatoms. The molecule has 3 atom stereocenters. The van der Waals surface area contributed by atoms with Crippen LogP contribution in [0.4, 0.5) is 0 Å². The van der Waals surface area contributed by atoms with Crippen molar-refractivity contribution < 1.29 is 9.59 Å². The molecule has 3 rings (SSSR count). The first kappa shape index (κ1) is 19.9. The highest BCUT2D eigenvalue weighted by Gasteiger charge is 2.31. The van der Waals surface area contributed by atoms with E-state index < -0.39 is 6.04 Å². The second-order valence-corrected chi connectivity index (χ2v) is 8.12. The summed E-state index contributed by atoms with van der Waals surface area (Å²) in [5, 5.41) is 9.54. The molecular formula is C22H33N3O2. The van der Waals surface area contributed by atoms with Gasteiger partial charge in [-0.05, 0) is 36.3 Å². The van der Waals surface area contributed by atoms with Crippen LogP contribution in [0.5, 0.6) is 0 Å². The van der Waals surface area contributed by atoms with Gasteiger partial charge in [0.05, 0.1) is 6.04 Å². The van der Waals surface area contributed by atoms with Crippen LogP contribution >= 0.6 is 0 Å². The Bertz CT molecular complexity index is 655. The third-order valence-corrected chi connectivity index (χ3v) is 6.14. The van der Waals surface area contributed by atoms with Crippen molar-refractivity contribution in [3.63, 3.8) is 0 Å². The van der Waals surface area contributed by atoms with E-state index in [1.807, 2.05) is 19.1 Å². The second kappa shape index (κ2) is 9.36. The largest absolute Gasteiger partial charge is 0.352 e. The highest BCUT2D eigenvalue weighted by atomic mass is 16.2. The summed E-state index contributed by atoms with van der Waals surface area (Å²) in [6, 6.07) is 7.72. The molecule has 27 heavy (non-hydrogen) atoms. The van der Waals surface area contributed by atoms with Crippen molar-refractivity contribution >= 4 is 11.8 Å². The zero-order valence-electron chi connectivity index (χ0n) is 16.6. The Hall–Kier alpha value is -1.88. The summed E-state index contributed by atoms with van der Waals surface area (Å²) in [4.78, 5) is 25.8. The molecule has 2 aliphatic rings. The monoisotopic (exact) mass is 371 g/mol. The van der Waals surface area contributed by atoms with Gasteiger partial charge in [0.25, 0.3) is 0 Å². The van der Waals surface area contributed by atoms with E-state index >= 15 is 0 Å². The third-order valence-electron chi connectivity index (χ3n) is 6.14. The molecule has 1 heterocycles. The van der Waals surface area contributed by atoms with Gasteiger partial charge in [-0.2, -0.15) is 0 Å². The molecular weight excluding hydrogens is 338 g/mol. The van der Waals surface area contributed by atoms with Crippen molar-refractivity contribution in [1.29, 1.82) is 0 Å². The molecule has 148 valence electrons. The van der Waals surface area contributed by atoms with Crippen LogP contribution in [0.15, 0.2) is 24.3 Å². The predicted molar refractivity (Wildman–Crippen MR) is 107 cm³/mol. The Kier molecular flexibility index (Phi) is 6.89. The molecule has 3 N–H and O–H groups in total. The molecule has 1 aromatic rings. The molecule has 2 amide bonds. The molecule has 0 saturated heterocycles. The number of amides is 2. The number of hydrogen-bond donors (Lipinski definition) is 3. The average molecular weight is 372 g/mol. The van der Waals surface area contributed by atoms with E-state index in [0.29, 0.717) is 13.0 Å². The van der Waals surface area contributed by atoms with Gasteiger partial charge in [-0.1, -0.05) is 63.8 Å². The van der Waals surface area contributed by atoms with E-state index in [1.54, 1.807) is 0 Å². The van der Waals surface area contributed by atoms with E-state index in [0.717, 1.165) is 19.3 Å². The lowest BCUT2D eigenvalue weighted by Gasteiger charge is -2.31. The Labute approximate surface area is 162 Å². The zero-order chi connectivity index (χ0) is 19.2. The molecule has 1 aliphatic carbocycles. The standard InChI is InChI=1S/C22H33N3O2/c1-3-15(2)20(22(27)24-18-11-5-4-6-12-18)25-21(26)19-13-16-9-7-8-10-17(16)14-23-19/h7-10,15,18-20,23H,3-6,11-14H2,1-2H3,(H,24,27)(H,25,26)/t15?,19-,20-/m0/s1. The van der Waals surface area contributed by atoms with Crippen LogP contribution in [0.3, 0.4) is 0 Å².